The minimum absolute atomic E-state index is 0.143. The summed E-state index contributed by atoms with van der Waals surface area (Å²) >= 11 is 1.66. The van der Waals surface area contributed by atoms with Gasteiger partial charge in [-0.05, 0) is 36.2 Å². The first-order chi connectivity index (χ1) is 8.29. The van der Waals surface area contributed by atoms with E-state index in [0.29, 0.717) is 0 Å². The van der Waals surface area contributed by atoms with Gasteiger partial charge in [-0.15, -0.1) is 0 Å². The number of hydrogen-bond donors (Lipinski definition) is 1. The van der Waals surface area contributed by atoms with E-state index in [-0.39, 0.29) is 6.04 Å². The summed E-state index contributed by atoms with van der Waals surface area (Å²) in [5.74, 6) is 0. The summed E-state index contributed by atoms with van der Waals surface area (Å²) < 4.78 is 0. The summed E-state index contributed by atoms with van der Waals surface area (Å²) in [6.07, 6.45) is 2.77. The molecular weight excluding hydrogens is 228 g/mol. The first-order valence-electron chi connectivity index (χ1n) is 5.74. The molecule has 1 heterocycles. The Kier molecular flexibility index (Phi) is 4.18. The van der Waals surface area contributed by atoms with Gasteiger partial charge in [-0.1, -0.05) is 36.9 Å². The third-order valence-electron chi connectivity index (χ3n) is 2.61. The standard InChI is InChI=1S/C14H16N2S/c1-2-13(15)11-6-8-12(9-7-11)17-14-5-3-4-10-16-14/h3-10,13H,2,15H2,1H3. The third kappa shape index (κ3) is 3.32. The molecule has 0 aliphatic heterocycles. The third-order valence-corrected chi connectivity index (χ3v) is 3.57. The molecule has 0 saturated carbocycles. The van der Waals surface area contributed by atoms with Crippen LogP contribution in [0.1, 0.15) is 24.9 Å². The van der Waals surface area contributed by atoms with Crippen LogP contribution in [0.5, 0.6) is 0 Å². The molecule has 0 bridgehead atoms. The van der Waals surface area contributed by atoms with Crippen molar-refractivity contribution < 1.29 is 0 Å². The largest absolute Gasteiger partial charge is 0.324 e. The molecule has 1 aromatic heterocycles. The van der Waals surface area contributed by atoms with Crippen molar-refractivity contribution in [3.05, 3.63) is 54.2 Å². The van der Waals surface area contributed by atoms with E-state index in [0.717, 1.165) is 11.4 Å². The van der Waals surface area contributed by atoms with E-state index in [1.54, 1.807) is 11.8 Å². The molecule has 3 heteroatoms. The first-order valence-corrected chi connectivity index (χ1v) is 6.55. The molecule has 2 rings (SSSR count). The molecule has 1 unspecified atom stereocenters. The highest BCUT2D eigenvalue weighted by Gasteiger charge is 2.03. The van der Waals surface area contributed by atoms with Crippen molar-refractivity contribution in [2.45, 2.75) is 29.3 Å². The van der Waals surface area contributed by atoms with Gasteiger partial charge < -0.3 is 5.73 Å². The monoisotopic (exact) mass is 244 g/mol. The van der Waals surface area contributed by atoms with Crippen LogP contribution >= 0.6 is 11.8 Å². The van der Waals surface area contributed by atoms with E-state index < -0.39 is 0 Å². The lowest BCUT2D eigenvalue weighted by molar-refractivity contribution is 0.698. The zero-order chi connectivity index (χ0) is 12.1. The molecule has 0 aliphatic rings. The number of nitrogens with two attached hydrogens (primary N) is 1. The highest BCUT2D eigenvalue weighted by atomic mass is 32.2. The van der Waals surface area contributed by atoms with E-state index >= 15 is 0 Å². The second-order valence-corrected chi connectivity index (χ2v) is 4.95. The molecule has 0 saturated heterocycles. The number of nitrogens with zero attached hydrogens (tertiary/aromatic N) is 1. The average Bonchev–Trinajstić information content (AvgIpc) is 2.40. The fourth-order valence-corrected chi connectivity index (χ4v) is 2.32. The van der Waals surface area contributed by atoms with Crippen LogP contribution in [0.2, 0.25) is 0 Å². The summed E-state index contributed by atoms with van der Waals surface area (Å²) in [4.78, 5) is 5.48. The average molecular weight is 244 g/mol. The number of benzene rings is 1. The maximum absolute atomic E-state index is 5.98. The van der Waals surface area contributed by atoms with Crippen molar-refractivity contribution in [2.75, 3.05) is 0 Å². The summed E-state index contributed by atoms with van der Waals surface area (Å²) in [6, 6.07) is 14.5. The van der Waals surface area contributed by atoms with Gasteiger partial charge >= 0.3 is 0 Å². The van der Waals surface area contributed by atoms with Crippen molar-refractivity contribution in [1.29, 1.82) is 0 Å². The lowest BCUT2D eigenvalue weighted by atomic mass is 10.1. The Morgan fingerprint density at radius 2 is 1.94 bits per heavy atom. The number of rotatable bonds is 4. The summed E-state index contributed by atoms with van der Waals surface area (Å²) in [7, 11) is 0. The van der Waals surface area contributed by atoms with E-state index in [1.165, 1.54) is 10.5 Å². The van der Waals surface area contributed by atoms with E-state index in [4.69, 9.17) is 5.73 Å². The zero-order valence-electron chi connectivity index (χ0n) is 9.84. The van der Waals surface area contributed by atoms with E-state index in [1.807, 2.05) is 24.4 Å². The van der Waals surface area contributed by atoms with Gasteiger partial charge in [0.15, 0.2) is 0 Å². The van der Waals surface area contributed by atoms with Crippen molar-refractivity contribution in [3.8, 4) is 0 Å². The fraction of sp³-hybridized carbons (Fsp3) is 0.214. The highest BCUT2D eigenvalue weighted by Crippen LogP contribution is 2.26. The quantitative estimate of drug-likeness (QED) is 0.892. The van der Waals surface area contributed by atoms with E-state index in [2.05, 4.69) is 36.2 Å². The lowest BCUT2D eigenvalue weighted by Gasteiger charge is -2.09. The van der Waals surface area contributed by atoms with Crippen LogP contribution in [0.25, 0.3) is 0 Å². The van der Waals surface area contributed by atoms with Gasteiger partial charge in [0.1, 0.15) is 5.03 Å². The minimum atomic E-state index is 0.143. The molecule has 2 aromatic rings. The lowest BCUT2D eigenvalue weighted by Crippen LogP contribution is -2.07. The van der Waals surface area contributed by atoms with Crippen LogP contribution in [0, 0.1) is 0 Å². The molecule has 1 atom stereocenters. The van der Waals surface area contributed by atoms with Crippen molar-refractivity contribution in [1.82, 2.24) is 4.98 Å². The van der Waals surface area contributed by atoms with Crippen molar-refractivity contribution in [2.24, 2.45) is 5.73 Å². The Bertz CT molecular complexity index is 453. The van der Waals surface area contributed by atoms with Crippen LogP contribution in [0.4, 0.5) is 0 Å². The SMILES string of the molecule is CCC(N)c1ccc(Sc2ccccn2)cc1. The second kappa shape index (κ2) is 5.84. The van der Waals surface area contributed by atoms with Crippen LogP contribution < -0.4 is 5.73 Å². The molecule has 1 aromatic carbocycles. The molecule has 0 radical (unpaired) electrons. The molecule has 2 nitrogen and oxygen atoms in total. The maximum atomic E-state index is 5.98. The van der Waals surface area contributed by atoms with Crippen LogP contribution in [-0.2, 0) is 0 Å². The Morgan fingerprint density at radius 1 is 1.18 bits per heavy atom. The van der Waals surface area contributed by atoms with Crippen molar-refractivity contribution in [3.63, 3.8) is 0 Å². The summed E-state index contributed by atoms with van der Waals surface area (Å²) in [5.41, 5.74) is 7.17. The van der Waals surface area contributed by atoms with Gasteiger partial charge in [-0.25, -0.2) is 4.98 Å². The molecular formula is C14H16N2S. The van der Waals surface area contributed by atoms with Crippen LogP contribution in [0.3, 0.4) is 0 Å². The predicted molar refractivity (Wildman–Crippen MR) is 72.0 cm³/mol. The second-order valence-electron chi connectivity index (χ2n) is 3.85. The van der Waals surface area contributed by atoms with Gasteiger partial charge in [-0.3, -0.25) is 0 Å². The van der Waals surface area contributed by atoms with Gasteiger partial charge in [0, 0.05) is 17.1 Å². The van der Waals surface area contributed by atoms with Gasteiger partial charge in [0.2, 0.25) is 0 Å². The summed E-state index contributed by atoms with van der Waals surface area (Å²) in [6.45, 7) is 2.10. The minimum Gasteiger partial charge on any atom is -0.324 e. The van der Waals surface area contributed by atoms with Crippen LogP contribution in [-0.4, -0.2) is 4.98 Å². The first kappa shape index (κ1) is 12.1. The summed E-state index contributed by atoms with van der Waals surface area (Å²) in [5, 5.41) is 1.01. The number of aromatic nitrogens is 1. The highest BCUT2D eigenvalue weighted by molar-refractivity contribution is 7.99. The Hall–Kier alpha value is -1.32. The molecule has 0 aliphatic carbocycles. The number of hydrogen-bond acceptors (Lipinski definition) is 3. The molecule has 0 spiro atoms. The Balaban J connectivity index is 2.08. The van der Waals surface area contributed by atoms with Gasteiger partial charge in [0.05, 0.1) is 0 Å². The number of pyridine rings is 1. The smallest absolute Gasteiger partial charge is 0.101 e. The molecule has 2 N–H and O–H groups in total. The van der Waals surface area contributed by atoms with Gasteiger partial charge in [0.25, 0.3) is 0 Å². The zero-order valence-corrected chi connectivity index (χ0v) is 10.7. The Labute approximate surface area is 106 Å². The maximum Gasteiger partial charge on any atom is 0.101 e. The normalized spacial score (nSPS) is 12.4. The topological polar surface area (TPSA) is 38.9 Å². The Morgan fingerprint density at radius 3 is 2.53 bits per heavy atom. The molecule has 0 amide bonds. The van der Waals surface area contributed by atoms with Gasteiger partial charge in [-0.2, -0.15) is 0 Å². The van der Waals surface area contributed by atoms with E-state index in [9.17, 15) is 0 Å². The fourth-order valence-electron chi connectivity index (χ4n) is 1.55. The van der Waals surface area contributed by atoms with Crippen molar-refractivity contribution >= 4 is 11.8 Å². The molecule has 88 valence electrons. The molecule has 0 fully saturated rings. The van der Waals surface area contributed by atoms with Crippen LogP contribution in [0.15, 0.2) is 58.6 Å². The molecule has 17 heavy (non-hydrogen) atoms. The predicted octanol–water partition coefficient (Wildman–Crippen LogP) is 3.64.